The zero-order valence-electron chi connectivity index (χ0n) is 15.0. The Labute approximate surface area is 142 Å². The lowest BCUT2D eigenvalue weighted by molar-refractivity contribution is -0.161. The number of likely N-dealkylation sites (tertiary alicyclic amines) is 1. The van der Waals surface area contributed by atoms with Crippen molar-refractivity contribution in [2.75, 3.05) is 7.11 Å². The first-order valence-electron chi connectivity index (χ1n) is 7.98. The van der Waals surface area contributed by atoms with Gasteiger partial charge in [-0.3, -0.25) is 9.69 Å². The summed E-state index contributed by atoms with van der Waals surface area (Å²) < 4.78 is 15.5. The summed E-state index contributed by atoms with van der Waals surface area (Å²) in [6.07, 6.45) is 1.84. The van der Waals surface area contributed by atoms with E-state index < -0.39 is 35.9 Å². The van der Waals surface area contributed by atoms with Crippen LogP contribution in [0.1, 0.15) is 47.0 Å². The highest BCUT2D eigenvalue weighted by molar-refractivity contribution is 5.82. The van der Waals surface area contributed by atoms with Crippen molar-refractivity contribution in [1.29, 1.82) is 0 Å². The number of amides is 1. The van der Waals surface area contributed by atoms with Gasteiger partial charge in [-0.05, 0) is 40.0 Å². The van der Waals surface area contributed by atoms with E-state index in [1.165, 1.54) is 18.9 Å². The van der Waals surface area contributed by atoms with E-state index >= 15 is 0 Å². The number of allylic oxidation sites excluding steroid dienone is 1. The lowest BCUT2D eigenvalue weighted by Crippen LogP contribution is -2.49. The molecule has 1 fully saturated rings. The fraction of sp³-hybridized carbons (Fsp3) is 0.706. The second-order valence-electron chi connectivity index (χ2n) is 6.79. The fourth-order valence-electron chi connectivity index (χ4n) is 2.73. The Balaban J connectivity index is 3.14. The molecule has 1 amide bonds. The molecule has 0 aliphatic carbocycles. The molecule has 1 unspecified atom stereocenters. The summed E-state index contributed by atoms with van der Waals surface area (Å²) in [5, 5.41) is 0. The molecule has 0 spiro atoms. The number of carbonyl (C=O) groups excluding carboxylic acids is 3. The van der Waals surface area contributed by atoms with Crippen LogP contribution in [-0.2, 0) is 23.8 Å². The second-order valence-corrected chi connectivity index (χ2v) is 6.79. The van der Waals surface area contributed by atoms with E-state index in [0.717, 1.165) is 0 Å². The number of hydrogen-bond donors (Lipinski definition) is 0. The Morgan fingerprint density at radius 2 is 1.92 bits per heavy atom. The molecule has 7 nitrogen and oxygen atoms in total. The van der Waals surface area contributed by atoms with E-state index in [1.54, 1.807) is 26.8 Å². The van der Waals surface area contributed by atoms with Crippen molar-refractivity contribution in [3.63, 3.8) is 0 Å². The highest BCUT2D eigenvalue weighted by Crippen LogP contribution is 2.36. The lowest BCUT2D eigenvalue weighted by atomic mass is 9.98. The summed E-state index contributed by atoms with van der Waals surface area (Å²) in [5.41, 5.74) is -0.738. The van der Waals surface area contributed by atoms with E-state index in [9.17, 15) is 14.4 Å². The maximum atomic E-state index is 12.6. The van der Waals surface area contributed by atoms with Crippen LogP contribution in [0.3, 0.4) is 0 Å². The van der Waals surface area contributed by atoms with Gasteiger partial charge in [-0.1, -0.05) is 6.08 Å². The summed E-state index contributed by atoms with van der Waals surface area (Å²) in [7, 11) is 1.26. The summed E-state index contributed by atoms with van der Waals surface area (Å²) in [6, 6.07) is -0.844. The minimum Gasteiger partial charge on any atom is -0.467 e. The lowest BCUT2D eigenvalue weighted by Gasteiger charge is -2.31. The zero-order chi connectivity index (χ0) is 18.5. The number of methoxy groups -OCH3 is 1. The molecule has 1 aliphatic heterocycles. The number of hydrogen-bond acceptors (Lipinski definition) is 6. The first-order valence-corrected chi connectivity index (χ1v) is 7.98. The van der Waals surface area contributed by atoms with Gasteiger partial charge < -0.3 is 14.2 Å². The van der Waals surface area contributed by atoms with Crippen molar-refractivity contribution >= 4 is 18.0 Å². The first-order chi connectivity index (χ1) is 11.1. The summed E-state index contributed by atoms with van der Waals surface area (Å²) in [6.45, 7) is 10.1. The Kier molecular flexibility index (Phi) is 6.81. The van der Waals surface area contributed by atoms with E-state index in [-0.39, 0.29) is 5.92 Å². The first kappa shape index (κ1) is 20.0. The molecule has 1 saturated heterocycles. The molecular weight excluding hydrogens is 314 g/mol. The monoisotopic (exact) mass is 341 g/mol. The van der Waals surface area contributed by atoms with Crippen molar-refractivity contribution in [2.24, 2.45) is 5.92 Å². The van der Waals surface area contributed by atoms with Gasteiger partial charge in [0, 0.05) is 12.8 Å². The SMILES string of the molecule is C=CCC[C@H]1C[C@@H](C(=O)OC)N(C(=O)OC(C)(C)C)C1OC(C)=O. The highest BCUT2D eigenvalue weighted by Gasteiger charge is 2.50. The maximum Gasteiger partial charge on any atom is 0.413 e. The molecule has 0 aromatic carbocycles. The van der Waals surface area contributed by atoms with Crippen molar-refractivity contribution in [3.8, 4) is 0 Å². The van der Waals surface area contributed by atoms with Crippen molar-refractivity contribution < 1.29 is 28.6 Å². The van der Waals surface area contributed by atoms with Gasteiger partial charge >= 0.3 is 18.0 Å². The van der Waals surface area contributed by atoms with Crippen LogP contribution in [0.4, 0.5) is 4.79 Å². The van der Waals surface area contributed by atoms with Crippen LogP contribution in [-0.4, -0.2) is 47.9 Å². The quantitative estimate of drug-likeness (QED) is 0.434. The number of carbonyl (C=O) groups is 3. The molecule has 24 heavy (non-hydrogen) atoms. The predicted molar refractivity (Wildman–Crippen MR) is 87.0 cm³/mol. The number of ether oxygens (including phenoxy) is 3. The molecule has 136 valence electrons. The van der Waals surface area contributed by atoms with Gasteiger partial charge in [0.2, 0.25) is 0 Å². The normalized spacial score (nSPS) is 23.5. The predicted octanol–water partition coefficient (Wildman–Crippen LogP) is 2.64. The smallest absolute Gasteiger partial charge is 0.413 e. The van der Waals surface area contributed by atoms with E-state index in [1.807, 2.05) is 0 Å². The molecular formula is C17H27NO6. The molecule has 1 heterocycles. The van der Waals surface area contributed by atoms with Gasteiger partial charge in [-0.25, -0.2) is 9.59 Å². The minimum absolute atomic E-state index is 0.191. The second kappa shape index (κ2) is 8.17. The highest BCUT2D eigenvalue weighted by atomic mass is 16.6. The van der Waals surface area contributed by atoms with Gasteiger partial charge in [0.1, 0.15) is 11.6 Å². The summed E-state index contributed by atoms with van der Waals surface area (Å²) >= 11 is 0. The average Bonchev–Trinajstić information content (AvgIpc) is 2.80. The van der Waals surface area contributed by atoms with Gasteiger partial charge in [-0.2, -0.15) is 0 Å². The standard InChI is InChI=1S/C17H27NO6/c1-7-8-9-12-10-13(15(20)22-6)18(14(12)23-11(2)19)16(21)24-17(3,4)5/h7,12-14H,1,8-10H2,2-6H3/t12-,13-,14?/m0/s1. The summed E-state index contributed by atoms with van der Waals surface area (Å²) in [4.78, 5) is 37.4. The van der Waals surface area contributed by atoms with Crippen molar-refractivity contribution in [1.82, 2.24) is 4.90 Å². The van der Waals surface area contributed by atoms with E-state index in [0.29, 0.717) is 19.3 Å². The Morgan fingerprint density at radius 3 is 2.38 bits per heavy atom. The molecule has 7 heteroatoms. The Bertz CT molecular complexity index is 496. The molecule has 0 saturated carbocycles. The number of nitrogens with zero attached hydrogens (tertiary/aromatic N) is 1. The largest absolute Gasteiger partial charge is 0.467 e. The maximum absolute atomic E-state index is 12.6. The molecule has 0 aromatic rings. The van der Waals surface area contributed by atoms with E-state index in [2.05, 4.69) is 6.58 Å². The van der Waals surface area contributed by atoms with Gasteiger partial charge in [0.15, 0.2) is 6.23 Å². The van der Waals surface area contributed by atoms with Crippen molar-refractivity contribution in [3.05, 3.63) is 12.7 Å². The number of esters is 2. The third-order valence-electron chi connectivity index (χ3n) is 3.65. The number of rotatable bonds is 5. The van der Waals surface area contributed by atoms with E-state index in [4.69, 9.17) is 14.2 Å². The topological polar surface area (TPSA) is 82.1 Å². The van der Waals surface area contributed by atoms with Crippen LogP contribution in [0.15, 0.2) is 12.7 Å². The molecule has 1 aliphatic rings. The van der Waals surface area contributed by atoms with Crippen LogP contribution in [0.25, 0.3) is 0 Å². The Morgan fingerprint density at radius 1 is 1.29 bits per heavy atom. The van der Waals surface area contributed by atoms with Crippen LogP contribution in [0.2, 0.25) is 0 Å². The van der Waals surface area contributed by atoms with Gasteiger partial charge in [-0.15, -0.1) is 6.58 Å². The summed E-state index contributed by atoms with van der Waals surface area (Å²) in [5.74, 6) is -1.27. The average molecular weight is 341 g/mol. The van der Waals surface area contributed by atoms with Gasteiger partial charge in [0.05, 0.1) is 7.11 Å². The fourth-order valence-corrected chi connectivity index (χ4v) is 2.73. The van der Waals surface area contributed by atoms with Crippen LogP contribution in [0.5, 0.6) is 0 Å². The molecule has 0 aromatic heterocycles. The molecule has 1 rings (SSSR count). The minimum atomic E-state index is -0.860. The third-order valence-corrected chi connectivity index (χ3v) is 3.65. The molecule has 0 radical (unpaired) electrons. The molecule has 3 atom stereocenters. The van der Waals surface area contributed by atoms with Crippen LogP contribution < -0.4 is 0 Å². The molecule has 0 bridgehead atoms. The Hall–Kier alpha value is -2.05. The molecule has 0 N–H and O–H groups in total. The third kappa shape index (κ3) is 5.25. The van der Waals surface area contributed by atoms with Crippen LogP contribution >= 0.6 is 0 Å². The van der Waals surface area contributed by atoms with Crippen molar-refractivity contribution in [2.45, 2.75) is 64.8 Å². The van der Waals surface area contributed by atoms with Crippen LogP contribution in [0, 0.1) is 5.92 Å². The van der Waals surface area contributed by atoms with Gasteiger partial charge in [0.25, 0.3) is 0 Å². The zero-order valence-corrected chi connectivity index (χ0v) is 15.0.